The largest absolute Gasteiger partial charge is 0.329 e. The molecule has 0 saturated carbocycles. The average molecular weight is 336 g/mol. The van der Waals surface area contributed by atoms with Crippen LogP contribution in [-0.2, 0) is 9.59 Å². The summed E-state index contributed by atoms with van der Waals surface area (Å²) in [4.78, 5) is 23.2. The third-order valence-electron chi connectivity index (χ3n) is 2.54. The van der Waals surface area contributed by atoms with E-state index in [-0.39, 0.29) is 0 Å². The second-order valence-corrected chi connectivity index (χ2v) is 5.09. The van der Waals surface area contributed by atoms with Crippen LogP contribution < -0.4 is 10.7 Å². The summed E-state index contributed by atoms with van der Waals surface area (Å²) in [5.41, 5.74) is 3.29. The summed E-state index contributed by atoms with van der Waals surface area (Å²) in [7, 11) is 0. The summed E-state index contributed by atoms with van der Waals surface area (Å²) in [6, 6.07) is 13.3. The van der Waals surface area contributed by atoms with Gasteiger partial charge >= 0.3 is 11.8 Å². The Morgan fingerprint density at radius 1 is 0.955 bits per heavy atom. The van der Waals surface area contributed by atoms with Gasteiger partial charge in [-0.05, 0) is 42.0 Å². The molecule has 0 radical (unpaired) electrons. The number of hydrazone groups is 1. The number of anilines is 1. The van der Waals surface area contributed by atoms with Crippen LogP contribution in [0.2, 0.25) is 10.0 Å². The number of benzene rings is 2. The first-order valence-corrected chi connectivity index (χ1v) is 6.96. The fourth-order valence-corrected chi connectivity index (χ4v) is 1.85. The smallest absolute Gasteiger partial charge is 0.318 e. The first-order valence-electron chi connectivity index (χ1n) is 6.20. The van der Waals surface area contributed by atoms with Crippen molar-refractivity contribution in [3.8, 4) is 0 Å². The summed E-state index contributed by atoms with van der Waals surface area (Å²) in [6.45, 7) is 0. The Labute approximate surface area is 136 Å². The van der Waals surface area contributed by atoms with E-state index < -0.39 is 11.8 Å². The van der Waals surface area contributed by atoms with Gasteiger partial charge in [0.2, 0.25) is 0 Å². The summed E-state index contributed by atoms with van der Waals surface area (Å²) >= 11 is 11.5. The second kappa shape index (κ2) is 7.59. The highest BCUT2D eigenvalue weighted by Crippen LogP contribution is 2.13. The molecule has 0 fully saturated rings. The lowest BCUT2D eigenvalue weighted by molar-refractivity contribution is -0.136. The van der Waals surface area contributed by atoms with Crippen molar-refractivity contribution in [1.82, 2.24) is 5.43 Å². The van der Waals surface area contributed by atoms with Gasteiger partial charge < -0.3 is 5.32 Å². The quantitative estimate of drug-likeness (QED) is 0.514. The number of carbonyl (C=O) groups is 2. The van der Waals surface area contributed by atoms with Gasteiger partial charge in [-0.1, -0.05) is 35.3 Å². The van der Waals surface area contributed by atoms with Crippen molar-refractivity contribution in [2.45, 2.75) is 0 Å². The van der Waals surface area contributed by atoms with Gasteiger partial charge in [0, 0.05) is 15.7 Å². The van der Waals surface area contributed by atoms with Crippen LogP contribution in [0.15, 0.2) is 53.6 Å². The normalized spacial score (nSPS) is 10.5. The maximum Gasteiger partial charge on any atom is 0.329 e. The summed E-state index contributed by atoms with van der Waals surface area (Å²) in [5, 5.41) is 7.20. The molecule has 5 nitrogen and oxygen atoms in total. The molecule has 22 heavy (non-hydrogen) atoms. The van der Waals surface area contributed by atoms with E-state index in [0.717, 1.165) is 0 Å². The minimum atomic E-state index is -0.881. The van der Waals surface area contributed by atoms with E-state index in [0.29, 0.717) is 21.3 Å². The molecule has 2 N–H and O–H groups in total. The van der Waals surface area contributed by atoms with Gasteiger partial charge in [-0.25, -0.2) is 5.43 Å². The van der Waals surface area contributed by atoms with E-state index >= 15 is 0 Å². The van der Waals surface area contributed by atoms with Crippen LogP contribution in [0.4, 0.5) is 5.69 Å². The van der Waals surface area contributed by atoms with Gasteiger partial charge in [-0.15, -0.1) is 0 Å². The van der Waals surface area contributed by atoms with Crippen molar-refractivity contribution >= 4 is 46.9 Å². The molecule has 0 heterocycles. The van der Waals surface area contributed by atoms with Crippen LogP contribution >= 0.6 is 23.2 Å². The average Bonchev–Trinajstić information content (AvgIpc) is 2.49. The molecule has 0 atom stereocenters. The van der Waals surface area contributed by atoms with E-state index in [1.54, 1.807) is 48.5 Å². The molecular weight excluding hydrogens is 325 g/mol. The third-order valence-corrected chi connectivity index (χ3v) is 3.02. The third kappa shape index (κ3) is 4.87. The fraction of sp³-hybridized carbons (Fsp3) is 0. The Balaban J connectivity index is 1.89. The van der Waals surface area contributed by atoms with Crippen molar-refractivity contribution < 1.29 is 9.59 Å². The molecule has 2 rings (SSSR count). The van der Waals surface area contributed by atoms with Crippen LogP contribution in [0.3, 0.4) is 0 Å². The van der Waals surface area contributed by atoms with Crippen molar-refractivity contribution in [3.05, 3.63) is 64.1 Å². The minimum Gasteiger partial charge on any atom is -0.318 e. The molecule has 2 aromatic carbocycles. The predicted octanol–water partition coefficient (Wildman–Crippen LogP) is 3.08. The number of hydrogen-bond donors (Lipinski definition) is 2. The zero-order chi connectivity index (χ0) is 15.9. The van der Waals surface area contributed by atoms with Gasteiger partial charge in [0.25, 0.3) is 0 Å². The molecule has 2 aromatic rings. The SMILES string of the molecule is O=C(N/N=C\c1cccc(Cl)c1)C(=O)Nc1ccc(Cl)cc1. The Hall–Kier alpha value is -2.37. The lowest BCUT2D eigenvalue weighted by atomic mass is 10.2. The van der Waals surface area contributed by atoms with Crippen molar-refractivity contribution in [1.29, 1.82) is 0 Å². The zero-order valence-electron chi connectivity index (χ0n) is 11.2. The molecule has 0 aromatic heterocycles. The van der Waals surface area contributed by atoms with Crippen molar-refractivity contribution in [2.24, 2.45) is 5.10 Å². The predicted molar refractivity (Wildman–Crippen MR) is 87.3 cm³/mol. The molecule has 7 heteroatoms. The molecule has 0 saturated heterocycles. The number of nitrogens with zero attached hydrogens (tertiary/aromatic N) is 1. The van der Waals surface area contributed by atoms with E-state index in [1.165, 1.54) is 6.21 Å². The van der Waals surface area contributed by atoms with Crippen LogP contribution in [-0.4, -0.2) is 18.0 Å². The van der Waals surface area contributed by atoms with Gasteiger partial charge in [-0.3, -0.25) is 9.59 Å². The first kappa shape index (κ1) is 16.0. The van der Waals surface area contributed by atoms with Crippen LogP contribution in [0.5, 0.6) is 0 Å². The highest BCUT2D eigenvalue weighted by atomic mass is 35.5. The molecule has 0 spiro atoms. The standard InChI is InChI=1S/C15H11Cl2N3O2/c16-11-4-6-13(7-5-11)19-14(21)15(22)20-18-9-10-2-1-3-12(17)8-10/h1-9H,(H,19,21)(H,20,22)/b18-9-. The highest BCUT2D eigenvalue weighted by Gasteiger charge is 2.12. The van der Waals surface area contributed by atoms with E-state index in [4.69, 9.17) is 23.2 Å². The summed E-state index contributed by atoms with van der Waals surface area (Å²) in [6.07, 6.45) is 1.39. The van der Waals surface area contributed by atoms with Gasteiger partial charge in [-0.2, -0.15) is 5.10 Å². The molecule has 0 bridgehead atoms. The van der Waals surface area contributed by atoms with Crippen LogP contribution in [0, 0.1) is 0 Å². The maximum absolute atomic E-state index is 11.6. The van der Waals surface area contributed by atoms with Crippen LogP contribution in [0.1, 0.15) is 5.56 Å². The molecule has 2 amide bonds. The monoisotopic (exact) mass is 335 g/mol. The topological polar surface area (TPSA) is 70.6 Å². The second-order valence-electron chi connectivity index (χ2n) is 4.22. The molecule has 0 aliphatic carbocycles. The number of amides is 2. The van der Waals surface area contributed by atoms with Gasteiger partial charge in [0.05, 0.1) is 6.21 Å². The lowest BCUT2D eigenvalue weighted by Crippen LogP contribution is -2.32. The molecular formula is C15H11Cl2N3O2. The number of halogens is 2. The molecule has 0 aliphatic rings. The Bertz CT molecular complexity index is 715. The minimum absolute atomic E-state index is 0.461. The summed E-state index contributed by atoms with van der Waals surface area (Å²) in [5.74, 6) is -1.71. The fourth-order valence-electron chi connectivity index (χ4n) is 1.52. The molecule has 0 unspecified atom stereocenters. The number of nitrogens with one attached hydrogen (secondary N) is 2. The maximum atomic E-state index is 11.6. The van der Waals surface area contributed by atoms with Gasteiger partial charge in [0.1, 0.15) is 0 Å². The van der Waals surface area contributed by atoms with Crippen molar-refractivity contribution in [2.75, 3.05) is 5.32 Å². The van der Waals surface area contributed by atoms with Gasteiger partial charge in [0.15, 0.2) is 0 Å². The Kier molecular flexibility index (Phi) is 5.52. The highest BCUT2D eigenvalue weighted by molar-refractivity contribution is 6.39. The number of rotatable bonds is 3. The first-order chi connectivity index (χ1) is 10.5. The zero-order valence-corrected chi connectivity index (χ0v) is 12.7. The van der Waals surface area contributed by atoms with Crippen LogP contribution in [0.25, 0.3) is 0 Å². The Morgan fingerprint density at radius 3 is 2.36 bits per heavy atom. The van der Waals surface area contributed by atoms with E-state index in [9.17, 15) is 9.59 Å². The van der Waals surface area contributed by atoms with Crippen molar-refractivity contribution in [3.63, 3.8) is 0 Å². The number of carbonyl (C=O) groups excluding carboxylic acids is 2. The van der Waals surface area contributed by atoms with E-state index in [2.05, 4.69) is 15.8 Å². The molecule has 112 valence electrons. The number of hydrogen-bond acceptors (Lipinski definition) is 3. The lowest BCUT2D eigenvalue weighted by Gasteiger charge is -2.03. The molecule has 0 aliphatic heterocycles. The van der Waals surface area contributed by atoms with E-state index in [1.807, 2.05) is 0 Å². The summed E-state index contributed by atoms with van der Waals surface area (Å²) < 4.78 is 0. The Morgan fingerprint density at radius 2 is 1.68 bits per heavy atom.